The standard InChI is InChI=1S/C25H27NO5/c1-25(2,3)31-21(27)14-13-20(24(29)30-4)26-23(28)22-18-11-7-5-9-16(18)15-17-10-6-8-12-19(17)22/h5-12,15,20H,13-14H2,1-4H3,(H,26,28)/t20-/m1/s1. The SMILES string of the molecule is COC(=O)[C@@H](CCC(=O)OC(C)(C)C)NC(=O)c1c2ccccc2cc2ccccc12. The maximum Gasteiger partial charge on any atom is 0.328 e. The van der Waals surface area contributed by atoms with E-state index in [1.807, 2.05) is 54.6 Å². The number of methoxy groups -OCH3 is 1. The largest absolute Gasteiger partial charge is 0.467 e. The second kappa shape index (κ2) is 9.16. The van der Waals surface area contributed by atoms with Crippen LogP contribution >= 0.6 is 0 Å². The van der Waals surface area contributed by atoms with Gasteiger partial charge in [0.05, 0.1) is 12.7 Å². The number of carbonyl (C=O) groups excluding carboxylic acids is 3. The van der Waals surface area contributed by atoms with E-state index in [4.69, 9.17) is 9.47 Å². The Morgan fingerprint density at radius 3 is 2.00 bits per heavy atom. The summed E-state index contributed by atoms with van der Waals surface area (Å²) in [5, 5.41) is 6.19. The van der Waals surface area contributed by atoms with Gasteiger partial charge in [-0.05, 0) is 54.8 Å². The van der Waals surface area contributed by atoms with Gasteiger partial charge in [0.25, 0.3) is 5.91 Å². The fourth-order valence-electron chi connectivity index (χ4n) is 3.53. The monoisotopic (exact) mass is 421 g/mol. The molecule has 0 aliphatic rings. The first kappa shape index (κ1) is 22.3. The highest BCUT2D eigenvalue weighted by Crippen LogP contribution is 2.28. The maximum absolute atomic E-state index is 13.3. The van der Waals surface area contributed by atoms with Gasteiger partial charge in [0.2, 0.25) is 0 Å². The first-order valence-corrected chi connectivity index (χ1v) is 10.2. The van der Waals surface area contributed by atoms with Crippen molar-refractivity contribution in [1.82, 2.24) is 5.32 Å². The second-order valence-corrected chi connectivity index (χ2v) is 8.37. The van der Waals surface area contributed by atoms with Crippen molar-refractivity contribution in [2.75, 3.05) is 7.11 Å². The molecule has 0 aromatic heterocycles. The maximum atomic E-state index is 13.3. The molecule has 0 saturated heterocycles. The summed E-state index contributed by atoms with van der Waals surface area (Å²) in [6.45, 7) is 5.32. The molecule has 0 spiro atoms. The number of rotatable bonds is 6. The summed E-state index contributed by atoms with van der Waals surface area (Å²) in [4.78, 5) is 37.7. The fraction of sp³-hybridized carbons (Fsp3) is 0.320. The van der Waals surface area contributed by atoms with E-state index in [0.717, 1.165) is 21.5 Å². The summed E-state index contributed by atoms with van der Waals surface area (Å²) in [7, 11) is 1.25. The number of fused-ring (bicyclic) bond motifs is 2. The average molecular weight is 421 g/mol. The molecule has 3 aromatic carbocycles. The molecule has 0 aliphatic heterocycles. The molecular formula is C25H27NO5. The van der Waals surface area contributed by atoms with Crippen LogP contribution in [0.1, 0.15) is 44.0 Å². The molecular weight excluding hydrogens is 394 g/mol. The Balaban J connectivity index is 1.90. The normalized spacial score (nSPS) is 12.4. The molecule has 6 heteroatoms. The number of esters is 2. The van der Waals surface area contributed by atoms with E-state index >= 15 is 0 Å². The summed E-state index contributed by atoms with van der Waals surface area (Å²) >= 11 is 0. The number of carbonyl (C=O) groups is 3. The fourth-order valence-corrected chi connectivity index (χ4v) is 3.53. The first-order valence-electron chi connectivity index (χ1n) is 10.2. The van der Waals surface area contributed by atoms with Crippen LogP contribution in [0.4, 0.5) is 0 Å². The van der Waals surface area contributed by atoms with Crippen LogP contribution in [-0.2, 0) is 19.1 Å². The van der Waals surface area contributed by atoms with Crippen LogP contribution in [0.25, 0.3) is 21.5 Å². The molecule has 0 radical (unpaired) electrons. The van der Waals surface area contributed by atoms with Gasteiger partial charge in [-0.3, -0.25) is 9.59 Å². The lowest BCUT2D eigenvalue weighted by molar-refractivity contribution is -0.155. The zero-order valence-corrected chi connectivity index (χ0v) is 18.2. The molecule has 1 N–H and O–H groups in total. The lowest BCUT2D eigenvalue weighted by Crippen LogP contribution is -2.42. The zero-order valence-electron chi connectivity index (χ0n) is 18.2. The van der Waals surface area contributed by atoms with Crippen LogP contribution in [0.2, 0.25) is 0 Å². The summed E-state index contributed by atoms with van der Waals surface area (Å²) in [6, 6.07) is 16.3. The topological polar surface area (TPSA) is 81.7 Å². The van der Waals surface area contributed by atoms with Crippen molar-refractivity contribution in [3.8, 4) is 0 Å². The quantitative estimate of drug-likeness (QED) is 0.472. The van der Waals surface area contributed by atoms with Crippen molar-refractivity contribution in [2.45, 2.75) is 45.3 Å². The minimum absolute atomic E-state index is 0.0202. The Bertz CT molecular complexity index is 1080. The zero-order chi connectivity index (χ0) is 22.6. The van der Waals surface area contributed by atoms with E-state index < -0.39 is 29.5 Å². The molecule has 3 aromatic rings. The Labute approximate surface area is 181 Å². The van der Waals surface area contributed by atoms with Crippen molar-refractivity contribution >= 4 is 39.4 Å². The number of hydrogen-bond donors (Lipinski definition) is 1. The number of ether oxygens (including phenoxy) is 2. The van der Waals surface area contributed by atoms with Crippen LogP contribution in [-0.4, -0.2) is 36.6 Å². The Morgan fingerprint density at radius 1 is 0.935 bits per heavy atom. The molecule has 0 saturated carbocycles. The number of amides is 1. The van der Waals surface area contributed by atoms with E-state index in [0.29, 0.717) is 5.56 Å². The van der Waals surface area contributed by atoms with Crippen molar-refractivity contribution in [2.24, 2.45) is 0 Å². The Hall–Kier alpha value is -3.41. The highest BCUT2D eigenvalue weighted by molar-refractivity contribution is 6.18. The summed E-state index contributed by atoms with van der Waals surface area (Å²) < 4.78 is 10.2. The van der Waals surface area contributed by atoms with Crippen LogP contribution in [0.3, 0.4) is 0 Å². The smallest absolute Gasteiger partial charge is 0.328 e. The van der Waals surface area contributed by atoms with E-state index in [9.17, 15) is 14.4 Å². The van der Waals surface area contributed by atoms with Crippen LogP contribution in [0, 0.1) is 0 Å². The average Bonchev–Trinajstić information content (AvgIpc) is 2.72. The molecule has 0 heterocycles. The molecule has 6 nitrogen and oxygen atoms in total. The molecule has 162 valence electrons. The van der Waals surface area contributed by atoms with E-state index in [-0.39, 0.29) is 12.8 Å². The molecule has 0 aliphatic carbocycles. The van der Waals surface area contributed by atoms with Crippen molar-refractivity contribution in [3.05, 3.63) is 60.2 Å². The van der Waals surface area contributed by atoms with E-state index in [1.54, 1.807) is 20.8 Å². The molecule has 3 rings (SSSR count). The molecule has 0 fully saturated rings. The second-order valence-electron chi connectivity index (χ2n) is 8.37. The Morgan fingerprint density at radius 2 is 1.48 bits per heavy atom. The summed E-state index contributed by atoms with van der Waals surface area (Å²) in [5.74, 6) is -1.44. The van der Waals surface area contributed by atoms with Gasteiger partial charge in [-0.25, -0.2) is 4.79 Å². The van der Waals surface area contributed by atoms with Crippen molar-refractivity contribution in [3.63, 3.8) is 0 Å². The van der Waals surface area contributed by atoms with Gasteiger partial charge in [-0.2, -0.15) is 0 Å². The lowest BCUT2D eigenvalue weighted by atomic mass is 9.96. The molecule has 31 heavy (non-hydrogen) atoms. The molecule has 0 unspecified atom stereocenters. The van der Waals surface area contributed by atoms with Gasteiger partial charge in [0.15, 0.2) is 0 Å². The van der Waals surface area contributed by atoms with Crippen LogP contribution in [0.15, 0.2) is 54.6 Å². The third-order valence-electron chi connectivity index (χ3n) is 4.85. The third-order valence-corrected chi connectivity index (χ3v) is 4.85. The number of nitrogens with one attached hydrogen (secondary N) is 1. The van der Waals surface area contributed by atoms with Crippen molar-refractivity contribution < 1.29 is 23.9 Å². The highest BCUT2D eigenvalue weighted by Gasteiger charge is 2.26. The van der Waals surface area contributed by atoms with E-state index in [2.05, 4.69) is 5.32 Å². The summed E-state index contributed by atoms with van der Waals surface area (Å²) in [6.07, 6.45) is 0.0592. The third kappa shape index (κ3) is 5.40. The minimum Gasteiger partial charge on any atom is -0.467 e. The van der Waals surface area contributed by atoms with Gasteiger partial charge in [0, 0.05) is 6.42 Å². The predicted octanol–water partition coefficient (Wildman–Crippen LogP) is 4.39. The highest BCUT2D eigenvalue weighted by atomic mass is 16.6. The van der Waals surface area contributed by atoms with Crippen LogP contribution in [0.5, 0.6) is 0 Å². The van der Waals surface area contributed by atoms with E-state index in [1.165, 1.54) is 7.11 Å². The predicted molar refractivity (Wildman–Crippen MR) is 120 cm³/mol. The minimum atomic E-state index is -0.970. The molecule has 0 bridgehead atoms. The van der Waals surface area contributed by atoms with Crippen LogP contribution < -0.4 is 5.32 Å². The lowest BCUT2D eigenvalue weighted by Gasteiger charge is -2.21. The van der Waals surface area contributed by atoms with Gasteiger partial charge in [-0.1, -0.05) is 48.5 Å². The first-order chi connectivity index (χ1) is 14.7. The number of benzene rings is 3. The van der Waals surface area contributed by atoms with Gasteiger partial charge in [0.1, 0.15) is 11.6 Å². The summed E-state index contributed by atoms with van der Waals surface area (Å²) in [5.41, 5.74) is -0.136. The Kier molecular flexibility index (Phi) is 6.59. The van der Waals surface area contributed by atoms with Crippen molar-refractivity contribution in [1.29, 1.82) is 0 Å². The van der Waals surface area contributed by atoms with Gasteiger partial charge in [-0.15, -0.1) is 0 Å². The molecule has 1 atom stereocenters. The van der Waals surface area contributed by atoms with Gasteiger partial charge >= 0.3 is 11.9 Å². The van der Waals surface area contributed by atoms with Gasteiger partial charge < -0.3 is 14.8 Å². The number of hydrogen-bond acceptors (Lipinski definition) is 5. The molecule has 1 amide bonds.